The smallest absolute Gasteiger partial charge is 0.137 e. The van der Waals surface area contributed by atoms with Crippen LogP contribution in [-0.4, -0.2) is 30.8 Å². The first-order chi connectivity index (χ1) is 21.7. The molecule has 7 rings (SSSR count). The average Bonchev–Trinajstić information content (AvgIpc) is 3.49. The van der Waals surface area contributed by atoms with Crippen LogP contribution in [0.4, 0.5) is 0 Å². The predicted molar refractivity (Wildman–Crippen MR) is 189 cm³/mol. The molecule has 1 unspecified atom stereocenters. The third-order valence-corrected chi connectivity index (χ3v) is 10.3. The second-order valence-electron chi connectivity index (χ2n) is 12.7. The highest BCUT2D eigenvalue weighted by molar-refractivity contribution is 7.99. The van der Waals surface area contributed by atoms with Crippen molar-refractivity contribution >= 4 is 33.6 Å². The van der Waals surface area contributed by atoms with Gasteiger partial charge in [0.2, 0.25) is 0 Å². The van der Waals surface area contributed by atoms with Crippen LogP contribution in [0.3, 0.4) is 0 Å². The Morgan fingerprint density at radius 3 is 2.40 bits per heavy atom. The number of thioether (sulfide) groups is 1. The molecule has 1 aliphatic carbocycles. The first-order valence-electron chi connectivity index (χ1n) is 15.7. The van der Waals surface area contributed by atoms with Crippen LogP contribution in [0, 0.1) is 33.6 Å². The lowest BCUT2D eigenvalue weighted by Crippen LogP contribution is -2.22. The summed E-state index contributed by atoms with van der Waals surface area (Å²) in [6.07, 6.45) is 7.75. The van der Waals surface area contributed by atoms with Gasteiger partial charge < -0.3 is 4.74 Å². The van der Waals surface area contributed by atoms with Crippen molar-refractivity contribution in [2.24, 2.45) is 5.92 Å². The molecule has 0 amide bonds. The number of pyridine rings is 1. The van der Waals surface area contributed by atoms with Crippen molar-refractivity contribution in [1.82, 2.24) is 19.3 Å². The van der Waals surface area contributed by atoms with E-state index in [9.17, 15) is 0 Å². The monoisotopic (exact) mass is 612 g/mol. The van der Waals surface area contributed by atoms with Gasteiger partial charge in [-0.15, -0.1) is 0 Å². The van der Waals surface area contributed by atoms with Crippen molar-refractivity contribution in [3.8, 4) is 23.0 Å². The zero-order chi connectivity index (χ0) is 31.4. The van der Waals surface area contributed by atoms with E-state index in [1.807, 2.05) is 24.0 Å². The molecule has 0 radical (unpaired) electrons. The summed E-state index contributed by atoms with van der Waals surface area (Å²) in [6, 6.07) is 25.4. The van der Waals surface area contributed by atoms with E-state index in [2.05, 4.69) is 130 Å². The SMILES string of the molecule is CS[C@H]1C=C(C)C(c2c(C)nn(-c3cc(C)cc(Oc4ccc5c6ccccc6n(-c6cc(C)ccn6)c5c4)c3)c2C)[C@@H](C)C1. The summed E-state index contributed by atoms with van der Waals surface area (Å²) in [4.78, 5) is 4.73. The van der Waals surface area contributed by atoms with E-state index < -0.39 is 0 Å². The highest BCUT2D eigenvalue weighted by atomic mass is 32.2. The van der Waals surface area contributed by atoms with Gasteiger partial charge in [0.15, 0.2) is 0 Å². The molecule has 0 spiro atoms. The molecule has 0 saturated heterocycles. The fraction of sp³-hybridized carbons (Fsp3) is 0.282. The van der Waals surface area contributed by atoms with E-state index in [1.165, 1.54) is 39.6 Å². The van der Waals surface area contributed by atoms with E-state index >= 15 is 0 Å². The quantitative estimate of drug-likeness (QED) is 0.176. The number of hydrogen-bond donors (Lipinski definition) is 0. The van der Waals surface area contributed by atoms with Gasteiger partial charge in [0.1, 0.15) is 17.3 Å². The van der Waals surface area contributed by atoms with Gasteiger partial charge in [-0.05, 0) is 107 Å². The summed E-state index contributed by atoms with van der Waals surface area (Å²) in [6.45, 7) is 13.3. The molecule has 3 heterocycles. The van der Waals surface area contributed by atoms with E-state index in [0.717, 1.165) is 45.3 Å². The maximum absolute atomic E-state index is 6.61. The Morgan fingerprint density at radius 2 is 1.62 bits per heavy atom. The molecule has 1 aliphatic rings. The Bertz CT molecular complexity index is 2100. The molecule has 5 nitrogen and oxygen atoms in total. The van der Waals surface area contributed by atoms with E-state index in [-0.39, 0.29) is 0 Å². The average molecular weight is 613 g/mol. The summed E-state index contributed by atoms with van der Waals surface area (Å²) in [5, 5.41) is 8.05. The van der Waals surface area contributed by atoms with Gasteiger partial charge in [-0.2, -0.15) is 16.9 Å². The van der Waals surface area contributed by atoms with Crippen LogP contribution in [0.1, 0.15) is 54.3 Å². The van der Waals surface area contributed by atoms with Gasteiger partial charge in [0, 0.05) is 51.5 Å². The molecule has 0 aliphatic heterocycles. The number of rotatable bonds is 6. The van der Waals surface area contributed by atoms with Gasteiger partial charge in [-0.3, -0.25) is 4.57 Å². The van der Waals surface area contributed by atoms with Crippen LogP contribution in [-0.2, 0) is 0 Å². The normalized spacial score (nSPS) is 18.5. The second kappa shape index (κ2) is 11.6. The van der Waals surface area contributed by atoms with Crippen LogP contribution in [0.25, 0.3) is 33.3 Å². The lowest BCUT2D eigenvalue weighted by Gasteiger charge is -2.33. The molecular weight excluding hydrogens is 573 g/mol. The molecule has 6 heteroatoms. The molecule has 0 bridgehead atoms. The zero-order valence-corrected chi connectivity index (χ0v) is 27.9. The highest BCUT2D eigenvalue weighted by Gasteiger charge is 2.32. The summed E-state index contributed by atoms with van der Waals surface area (Å²) in [5.74, 6) is 3.44. The summed E-state index contributed by atoms with van der Waals surface area (Å²) in [5.41, 5.74) is 10.6. The lowest BCUT2D eigenvalue weighted by molar-refractivity contribution is 0.453. The van der Waals surface area contributed by atoms with Crippen LogP contribution < -0.4 is 4.74 Å². The molecule has 45 heavy (non-hydrogen) atoms. The Hall–Kier alpha value is -4.29. The number of hydrogen-bond acceptors (Lipinski definition) is 4. The van der Waals surface area contributed by atoms with Gasteiger partial charge in [-0.25, -0.2) is 9.67 Å². The minimum atomic E-state index is 0.393. The third-order valence-electron chi connectivity index (χ3n) is 9.36. The minimum absolute atomic E-state index is 0.393. The molecule has 3 aromatic carbocycles. The Morgan fingerprint density at radius 1 is 0.822 bits per heavy atom. The summed E-state index contributed by atoms with van der Waals surface area (Å²) < 4.78 is 10.9. The molecular formula is C39H40N4OS. The lowest BCUT2D eigenvalue weighted by atomic mass is 9.75. The van der Waals surface area contributed by atoms with Crippen molar-refractivity contribution in [3.63, 3.8) is 0 Å². The Labute approximate surface area is 269 Å². The molecule has 0 saturated carbocycles. The van der Waals surface area contributed by atoms with Crippen LogP contribution in [0.2, 0.25) is 0 Å². The number of allylic oxidation sites excluding steroid dienone is 1. The zero-order valence-electron chi connectivity index (χ0n) is 27.1. The third kappa shape index (κ3) is 5.25. The van der Waals surface area contributed by atoms with Crippen molar-refractivity contribution in [1.29, 1.82) is 0 Å². The number of aryl methyl sites for hydroxylation is 3. The molecule has 3 atom stereocenters. The first kappa shape index (κ1) is 29.4. The largest absolute Gasteiger partial charge is 0.457 e. The molecule has 228 valence electrons. The second-order valence-corrected chi connectivity index (χ2v) is 13.8. The maximum atomic E-state index is 6.61. The number of nitrogens with zero attached hydrogens (tertiary/aromatic N) is 4. The van der Waals surface area contributed by atoms with E-state index in [4.69, 9.17) is 14.8 Å². The fourth-order valence-corrected chi connectivity index (χ4v) is 8.24. The number of benzene rings is 3. The van der Waals surface area contributed by atoms with Crippen molar-refractivity contribution in [3.05, 3.63) is 119 Å². The van der Waals surface area contributed by atoms with E-state index in [0.29, 0.717) is 17.1 Å². The summed E-state index contributed by atoms with van der Waals surface area (Å²) >= 11 is 1.95. The van der Waals surface area contributed by atoms with Crippen LogP contribution in [0.5, 0.6) is 11.5 Å². The number of ether oxygens (including phenoxy) is 1. The standard InChI is InChI=1S/C39H40N4OS/c1-23-14-15-40-37(18-23)42-35-11-9-8-10-33(35)34-13-12-30(22-36(34)42)44-31-17-24(2)16-29(21-31)43-28(6)39(27(5)41-43)38-25(3)19-32(45-7)20-26(38)4/h8-19,21-22,26,32,38H,20H2,1-7H3/t26-,32-,38?/m0/s1. The summed E-state index contributed by atoms with van der Waals surface area (Å²) in [7, 11) is 0. The van der Waals surface area contributed by atoms with E-state index in [1.54, 1.807) is 0 Å². The highest BCUT2D eigenvalue weighted by Crippen LogP contribution is 2.44. The molecule has 3 aromatic heterocycles. The molecule has 0 N–H and O–H groups in total. The topological polar surface area (TPSA) is 44.9 Å². The van der Waals surface area contributed by atoms with Crippen molar-refractivity contribution < 1.29 is 4.74 Å². The van der Waals surface area contributed by atoms with Gasteiger partial charge in [-0.1, -0.05) is 36.8 Å². The molecule has 6 aromatic rings. The number of aromatic nitrogens is 4. The number of fused-ring (bicyclic) bond motifs is 3. The van der Waals surface area contributed by atoms with Crippen molar-refractivity contribution in [2.45, 2.75) is 59.1 Å². The number of para-hydroxylation sites is 1. The minimum Gasteiger partial charge on any atom is -0.457 e. The molecule has 0 fully saturated rings. The first-order valence-corrected chi connectivity index (χ1v) is 17.0. The van der Waals surface area contributed by atoms with Gasteiger partial charge >= 0.3 is 0 Å². The fourth-order valence-electron chi connectivity index (χ4n) is 7.40. The van der Waals surface area contributed by atoms with Crippen molar-refractivity contribution in [2.75, 3.05) is 6.26 Å². The Balaban J connectivity index is 1.27. The van der Waals surface area contributed by atoms with Crippen LogP contribution in [0.15, 0.2) is 90.6 Å². The van der Waals surface area contributed by atoms with Crippen LogP contribution >= 0.6 is 11.8 Å². The predicted octanol–water partition coefficient (Wildman–Crippen LogP) is 10.2. The Kier molecular flexibility index (Phi) is 7.57. The maximum Gasteiger partial charge on any atom is 0.137 e. The van der Waals surface area contributed by atoms with Gasteiger partial charge in [0.25, 0.3) is 0 Å². The van der Waals surface area contributed by atoms with Gasteiger partial charge in [0.05, 0.1) is 22.4 Å².